The number of benzene rings is 3. The molecule has 4 nitrogen and oxygen atoms in total. The topological polar surface area (TPSA) is 29.5 Å². The van der Waals surface area contributed by atoms with Gasteiger partial charge in [-0.3, -0.25) is 4.90 Å². The van der Waals surface area contributed by atoms with E-state index in [0.29, 0.717) is 17.2 Å². The first kappa shape index (κ1) is 30.6. The molecule has 0 unspecified atom stereocenters. The van der Waals surface area contributed by atoms with Crippen LogP contribution in [0.3, 0.4) is 0 Å². The largest absolute Gasteiger partial charge is 1.00 e. The third-order valence-electron chi connectivity index (χ3n) is 7.99. The molecular weight excluding hydrogens is 573 g/mol. The van der Waals surface area contributed by atoms with E-state index in [1.54, 1.807) is 0 Å². The number of rotatable bonds is 9. The second-order valence-electron chi connectivity index (χ2n) is 10.8. The van der Waals surface area contributed by atoms with Crippen LogP contribution in [0.2, 0.25) is 5.02 Å². The number of quaternary nitrogens is 1. The molecule has 0 spiro atoms. The maximum absolute atomic E-state index is 13.9. The summed E-state index contributed by atoms with van der Waals surface area (Å²) in [7, 11) is 0. The van der Waals surface area contributed by atoms with E-state index in [0.717, 1.165) is 78.4 Å². The zero-order chi connectivity index (χ0) is 27.4. The Hall–Kier alpha value is -2.32. The molecule has 3 aliphatic rings. The van der Waals surface area contributed by atoms with Gasteiger partial charge in [0.2, 0.25) is 0 Å². The van der Waals surface area contributed by atoms with Crippen molar-refractivity contribution in [3.63, 3.8) is 0 Å². The maximum atomic E-state index is 13.9. The van der Waals surface area contributed by atoms with Gasteiger partial charge in [0.1, 0.15) is 6.54 Å². The summed E-state index contributed by atoms with van der Waals surface area (Å²) in [5.74, 6) is -0.459. The van der Waals surface area contributed by atoms with Crippen LogP contribution < -0.4 is 17.3 Å². The lowest BCUT2D eigenvalue weighted by Gasteiger charge is -2.52. The van der Waals surface area contributed by atoms with Crippen LogP contribution in [-0.2, 0) is 11.3 Å². The van der Waals surface area contributed by atoms with Gasteiger partial charge >= 0.3 is 6.09 Å². The Morgan fingerprint density at radius 3 is 2.55 bits per heavy atom. The van der Waals surface area contributed by atoms with Gasteiger partial charge in [-0.05, 0) is 60.5 Å². The van der Waals surface area contributed by atoms with Crippen molar-refractivity contribution >= 4 is 35.1 Å². The van der Waals surface area contributed by atoms with E-state index in [4.69, 9.17) is 16.3 Å². The number of hydrogen-bond acceptors (Lipinski definition) is 3. The molecule has 1 atom stereocenters. The van der Waals surface area contributed by atoms with Crippen molar-refractivity contribution < 1.29 is 35.2 Å². The van der Waals surface area contributed by atoms with E-state index in [1.165, 1.54) is 15.9 Å². The van der Waals surface area contributed by atoms with Gasteiger partial charge in [-0.15, -0.1) is 11.8 Å². The van der Waals surface area contributed by atoms with Crippen LogP contribution in [0.15, 0.2) is 71.6 Å². The quantitative estimate of drug-likeness (QED) is 0.198. The highest BCUT2D eigenvalue weighted by molar-refractivity contribution is 7.99. The molecule has 6 rings (SSSR count). The molecule has 9 heteroatoms. The van der Waals surface area contributed by atoms with Crippen LogP contribution in [0.25, 0.3) is 0 Å². The Morgan fingerprint density at radius 2 is 1.82 bits per heavy atom. The van der Waals surface area contributed by atoms with Crippen molar-refractivity contribution in [3.05, 3.63) is 94.5 Å². The highest BCUT2D eigenvalue weighted by Crippen LogP contribution is 2.37. The zero-order valence-corrected chi connectivity index (χ0v) is 24.8. The zero-order valence-electron chi connectivity index (χ0n) is 22.5. The fourth-order valence-electron chi connectivity index (χ4n) is 5.89. The molecule has 40 heavy (non-hydrogen) atoms. The molecule has 0 aromatic heterocycles. The molecule has 0 saturated carbocycles. The first-order valence-electron chi connectivity index (χ1n) is 13.5. The Bertz CT molecular complexity index is 1320. The smallest absolute Gasteiger partial charge is 0.415 e. The Balaban J connectivity index is 0.00000370. The first-order valence-corrected chi connectivity index (χ1v) is 14.9. The fourth-order valence-corrected chi connectivity index (χ4v) is 7.04. The van der Waals surface area contributed by atoms with Crippen molar-refractivity contribution in [2.45, 2.75) is 43.7 Å². The molecule has 3 aromatic carbocycles. The molecule has 0 N–H and O–H groups in total. The summed E-state index contributed by atoms with van der Waals surface area (Å²) >= 11 is 7.95. The number of aryl methyl sites for hydroxylation is 1. The molecule has 3 fully saturated rings. The summed E-state index contributed by atoms with van der Waals surface area (Å²) in [5, 5.41) is 0.758. The van der Waals surface area contributed by atoms with Gasteiger partial charge in [0.05, 0.1) is 26.2 Å². The summed E-state index contributed by atoms with van der Waals surface area (Å²) in [5.41, 5.74) is 2.17. The summed E-state index contributed by atoms with van der Waals surface area (Å²) in [6, 6.07) is 19.3. The first-order chi connectivity index (χ1) is 18.8. The molecule has 2 bridgehead atoms. The Morgan fingerprint density at radius 1 is 1.05 bits per heavy atom. The molecule has 3 aliphatic heterocycles. The van der Waals surface area contributed by atoms with Gasteiger partial charge in [-0.1, -0.05) is 35.9 Å². The number of piperidine rings is 3. The molecule has 1 amide bonds. The summed E-state index contributed by atoms with van der Waals surface area (Å²) in [4.78, 5) is 16.3. The van der Waals surface area contributed by atoms with Crippen molar-refractivity contribution in [2.75, 3.05) is 36.8 Å². The van der Waals surface area contributed by atoms with Crippen LogP contribution >= 0.6 is 23.4 Å². The van der Waals surface area contributed by atoms with E-state index in [-0.39, 0.29) is 25.1 Å². The minimum Gasteiger partial charge on any atom is -1.00 e. The van der Waals surface area contributed by atoms with Crippen LogP contribution in [0.4, 0.5) is 19.3 Å². The number of anilines is 1. The number of amides is 1. The maximum Gasteiger partial charge on any atom is 0.415 e. The number of carbonyl (C=O) groups excluding carboxylic acids is 1. The van der Waals surface area contributed by atoms with E-state index < -0.39 is 17.7 Å². The lowest BCUT2D eigenvalue weighted by Crippen LogP contribution is -3.00. The second-order valence-corrected chi connectivity index (χ2v) is 12.4. The van der Waals surface area contributed by atoms with E-state index >= 15 is 0 Å². The lowest BCUT2D eigenvalue weighted by molar-refractivity contribution is -0.946. The van der Waals surface area contributed by atoms with Crippen LogP contribution in [0.5, 0.6) is 0 Å². The van der Waals surface area contributed by atoms with E-state index in [2.05, 4.69) is 6.07 Å². The second kappa shape index (κ2) is 13.6. The Labute approximate surface area is 250 Å². The minimum atomic E-state index is -0.928. The number of hydrogen-bond donors (Lipinski definition) is 0. The minimum absolute atomic E-state index is 0. The SMILES string of the molecule is Cc1cccc(N(Cc2ccc(F)c(F)c2)C(=O)O[C@H]2C[N+]3(CCCSc4cccc(Cl)c4)CCC2CC3)c1.[Cl-]. The van der Waals surface area contributed by atoms with Gasteiger partial charge < -0.3 is 21.6 Å². The lowest BCUT2D eigenvalue weighted by atomic mass is 9.83. The normalized spacial score (nSPS) is 21.5. The third kappa shape index (κ3) is 7.49. The average molecular weight is 608 g/mol. The van der Waals surface area contributed by atoms with Crippen LogP contribution in [0, 0.1) is 24.5 Å². The van der Waals surface area contributed by atoms with Crippen molar-refractivity contribution in [1.29, 1.82) is 0 Å². The highest BCUT2D eigenvalue weighted by Gasteiger charge is 2.47. The molecule has 3 heterocycles. The number of nitrogens with zero attached hydrogens (tertiary/aromatic N) is 2. The van der Waals surface area contributed by atoms with Gasteiger partial charge in [0.25, 0.3) is 0 Å². The van der Waals surface area contributed by atoms with Gasteiger partial charge in [0.15, 0.2) is 17.7 Å². The predicted molar refractivity (Wildman–Crippen MR) is 153 cm³/mol. The van der Waals surface area contributed by atoms with Crippen LogP contribution in [-0.4, -0.2) is 48.6 Å². The highest BCUT2D eigenvalue weighted by atomic mass is 35.5. The number of carbonyl (C=O) groups is 1. The molecular formula is C31H34Cl2F2N2O2S. The van der Waals surface area contributed by atoms with Crippen molar-refractivity contribution in [1.82, 2.24) is 0 Å². The summed E-state index contributed by atoms with van der Waals surface area (Å²) in [6.07, 6.45) is 2.57. The number of thioether (sulfide) groups is 1. The van der Waals surface area contributed by atoms with Gasteiger partial charge in [0, 0.05) is 46.5 Å². The summed E-state index contributed by atoms with van der Waals surface area (Å²) < 4.78 is 34.7. The predicted octanol–water partition coefficient (Wildman–Crippen LogP) is 4.87. The standard InChI is InChI=1S/C31H34ClF2N2O2S.ClH/c1-22-5-2-7-26(17-22)35(20-23-9-10-28(33)29(34)18-23)31(37)38-30-21-36(14-11-24(30)12-15-36)13-4-16-39-27-8-3-6-25(32)19-27;/h2-3,5-10,17-19,24,30H,4,11-16,20-21H2,1H3;1H/q+1;/p-1/t24?,30-,36?;/m0./s1. The van der Waals surface area contributed by atoms with Crippen LogP contribution in [0.1, 0.15) is 30.4 Å². The van der Waals surface area contributed by atoms with Gasteiger partial charge in [-0.25, -0.2) is 13.6 Å². The summed E-state index contributed by atoms with van der Waals surface area (Å²) in [6.45, 7) is 6.18. The molecule has 214 valence electrons. The van der Waals surface area contributed by atoms with Gasteiger partial charge in [-0.2, -0.15) is 0 Å². The monoisotopic (exact) mass is 606 g/mol. The molecule has 0 radical (unpaired) electrons. The number of fused-ring (bicyclic) bond motifs is 3. The van der Waals surface area contributed by atoms with Crippen molar-refractivity contribution in [3.8, 4) is 0 Å². The fraction of sp³-hybridized carbons (Fsp3) is 0.387. The third-order valence-corrected chi connectivity index (χ3v) is 9.31. The molecule has 3 saturated heterocycles. The van der Waals surface area contributed by atoms with E-state index in [1.807, 2.05) is 61.2 Å². The molecule has 0 aliphatic carbocycles. The average Bonchev–Trinajstić information content (AvgIpc) is 2.92. The van der Waals surface area contributed by atoms with Crippen molar-refractivity contribution in [2.24, 2.45) is 5.92 Å². The number of ether oxygens (including phenoxy) is 1. The Kier molecular flexibility index (Phi) is 10.4. The molecule has 3 aromatic rings. The van der Waals surface area contributed by atoms with E-state index in [9.17, 15) is 13.6 Å². The number of halogens is 4.